The number of ether oxygens (including phenoxy) is 1. The van der Waals surface area contributed by atoms with Crippen LogP contribution in [0.15, 0.2) is 12.8 Å². The van der Waals surface area contributed by atoms with E-state index in [-0.39, 0.29) is 23.7 Å². The molecule has 2 unspecified atom stereocenters. The highest BCUT2D eigenvalue weighted by Gasteiger charge is 2.43. The predicted octanol–water partition coefficient (Wildman–Crippen LogP) is 1.90. The van der Waals surface area contributed by atoms with E-state index >= 15 is 0 Å². The van der Waals surface area contributed by atoms with Crippen molar-refractivity contribution in [1.82, 2.24) is 0 Å². The average molecular weight is 212 g/mol. The van der Waals surface area contributed by atoms with Gasteiger partial charge in [0.15, 0.2) is 0 Å². The molecule has 0 aliphatic heterocycles. The van der Waals surface area contributed by atoms with Crippen molar-refractivity contribution in [2.24, 2.45) is 11.3 Å². The van der Waals surface area contributed by atoms with Gasteiger partial charge in [-0.15, -0.1) is 0 Å². The van der Waals surface area contributed by atoms with Crippen molar-refractivity contribution in [1.29, 1.82) is 0 Å². The van der Waals surface area contributed by atoms with Crippen molar-refractivity contribution < 1.29 is 14.6 Å². The molecule has 1 fully saturated rings. The Balaban J connectivity index is 2.79. The Hall–Kier alpha value is -0.830. The maximum atomic E-state index is 11.5. The van der Waals surface area contributed by atoms with Crippen LogP contribution < -0.4 is 0 Å². The van der Waals surface area contributed by atoms with E-state index < -0.39 is 0 Å². The molecular weight excluding hydrogens is 192 g/mol. The Bertz CT molecular complexity index is 237. The highest BCUT2D eigenvalue weighted by Crippen LogP contribution is 2.41. The van der Waals surface area contributed by atoms with Gasteiger partial charge in [0.1, 0.15) is 5.78 Å². The lowest BCUT2D eigenvalue weighted by molar-refractivity contribution is -0.131. The van der Waals surface area contributed by atoms with E-state index in [0.717, 1.165) is 25.7 Å². The molecule has 0 aromatic heterocycles. The number of hydrogen-bond donors (Lipinski definition) is 1. The summed E-state index contributed by atoms with van der Waals surface area (Å²) in [4.78, 5) is 11.5. The second-order valence-electron chi connectivity index (χ2n) is 4.41. The molecular formula is C12H20O3. The Morgan fingerprint density at radius 3 is 2.93 bits per heavy atom. The lowest BCUT2D eigenvalue weighted by Crippen LogP contribution is -2.44. The van der Waals surface area contributed by atoms with Crippen LogP contribution in [0.1, 0.15) is 32.6 Å². The smallest absolute Gasteiger partial charge is 0.133 e. The lowest BCUT2D eigenvalue weighted by atomic mass is 9.65. The van der Waals surface area contributed by atoms with Crippen LogP contribution >= 0.6 is 0 Å². The Kier molecular flexibility index (Phi) is 4.33. The fraction of sp³-hybridized carbons (Fsp3) is 0.750. The van der Waals surface area contributed by atoms with Crippen LogP contribution in [-0.4, -0.2) is 24.1 Å². The maximum Gasteiger partial charge on any atom is 0.133 e. The van der Waals surface area contributed by atoms with Crippen LogP contribution in [0.3, 0.4) is 0 Å². The van der Waals surface area contributed by atoms with E-state index in [4.69, 9.17) is 4.74 Å². The van der Waals surface area contributed by atoms with Crippen molar-refractivity contribution in [3.8, 4) is 0 Å². The van der Waals surface area contributed by atoms with Gasteiger partial charge in [-0.3, -0.25) is 4.79 Å². The first kappa shape index (κ1) is 12.2. The van der Waals surface area contributed by atoms with E-state index in [0.29, 0.717) is 6.61 Å². The number of aliphatic hydroxyl groups is 1. The Labute approximate surface area is 91.1 Å². The van der Waals surface area contributed by atoms with Gasteiger partial charge in [0.25, 0.3) is 0 Å². The summed E-state index contributed by atoms with van der Waals surface area (Å²) in [5.41, 5.74) is -0.377. The van der Waals surface area contributed by atoms with Crippen LogP contribution in [0, 0.1) is 11.3 Å². The molecule has 0 saturated heterocycles. The normalized spacial score (nSPS) is 30.9. The van der Waals surface area contributed by atoms with E-state index in [1.165, 1.54) is 6.26 Å². The largest absolute Gasteiger partial charge is 0.501 e. The highest BCUT2D eigenvalue weighted by atomic mass is 16.5. The Morgan fingerprint density at radius 2 is 2.40 bits per heavy atom. The molecule has 0 bridgehead atoms. The summed E-state index contributed by atoms with van der Waals surface area (Å²) in [7, 11) is 0. The topological polar surface area (TPSA) is 46.5 Å². The minimum absolute atomic E-state index is 0.0189. The van der Waals surface area contributed by atoms with Crippen molar-refractivity contribution in [2.45, 2.75) is 32.6 Å². The molecule has 0 aromatic rings. The zero-order chi connectivity index (χ0) is 11.3. The molecule has 0 heterocycles. The number of hydrogen-bond acceptors (Lipinski definition) is 3. The van der Waals surface area contributed by atoms with Crippen LogP contribution in [0.2, 0.25) is 0 Å². The molecule has 1 N–H and O–H groups in total. The first-order valence-corrected chi connectivity index (χ1v) is 5.50. The summed E-state index contributed by atoms with van der Waals surface area (Å²) in [6.07, 6.45) is 5.24. The van der Waals surface area contributed by atoms with E-state index in [9.17, 15) is 9.90 Å². The fourth-order valence-electron chi connectivity index (χ4n) is 2.57. The number of carbonyl (C=O) groups excluding carboxylic acids is 1. The highest BCUT2D eigenvalue weighted by molar-refractivity contribution is 5.79. The second kappa shape index (κ2) is 5.31. The summed E-state index contributed by atoms with van der Waals surface area (Å²) >= 11 is 0. The zero-order valence-electron chi connectivity index (χ0n) is 9.37. The van der Waals surface area contributed by atoms with Gasteiger partial charge in [-0.1, -0.05) is 19.4 Å². The first-order valence-electron chi connectivity index (χ1n) is 5.50. The number of carbonyl (C=O) groups is 1. The summed E-state index contributed by atoms with van der Waals surface area (Å²) in [5, 5.41) is 9.52. The molecule has 15 heavy (non-hydrogen) atoms. The summed E-state index contributed by atoms with van der Waals surface area (Å²) in [6, 6.07) is 0. The number of ketones is 1. The van der Waals surface area contributed by atoms with Gasteiger partial charge >= 0.3 is 0 Å². The van der Waals surface area contributed by atoms with Gasteiger partial charge < -0.3 is 9.84 Å². The second-order valence-corrected chi connectivity index (χ2v) is 4.41. The third-order valence-corrected chi connectivity index (χ3v) is 3.45. The minimum atomic E-state index is -0.377. The third kappa shape index (κ3) is 2.59. The van der Waals surface area contributed by atoms with E-state index in [2.05, 4.69) is 6.58 Å². The van der Waals surface area contributed by atoms with Crippen LogP contribution in [0.25, 0.3) is 0 Å². The first-order chi connectivity index (χ1) is 7.16. The van der Waals surface area contributed by atoms with E-state index in [1.807, 2.05) is 0 Å². The molecule has 1 aliphatic rings. The molecule has 2 atom stereocenters. The van der Waals surface area contributed by atoms with Crippen molar-refractivity contribution in [3.63, 3.8) is 0 Å². The van der Waals surface area contributed by atoms with Gasteiger partial charge in [-0.2, -0.15) is 0 Å². The molecule has 86 valence electrons. The van der Waals surface area contributed by atoms with Crippen molar-refractivity contribution >= 4 is 5.78 Å². The molecule has 1 aliphatic carbocycles. The molecule has 3 heteroatoms. The lowest BCUT2D eigenvalue weighted by Gasteiger charge is -2.41. The zero-order valence-corrected chi connectivity index (χ0v) is 9.37. The van der Waals surface area contributed by atoms with Gasteiger partial charge in [-0.25, -0.2) is 0 Å². The van der Waals surface area contributed by atoms with Crippen molar-refractivity contribution in [3.05, 3.63) is 12.8 Å². The molecule has 0 radical (unpaired) electrons. The average Bonchev–Trinajstić information content (AvgIpc) is 2.26. The monoisotopic (exact) mass is 212 g/mol. The quantitative estimate of drug-likeness (QED) is 0.708. The SMILES string of the molecule is C=COCC1(CO)CCCCC1C(C)=O. The summed E-state index contributed by atoms with van der Waals surface area (Å²) < 4.78 is 5.20. The molecule has 1 rings (SSSR count). The minimum Gasteiger partial charge on any atom is -0.501 e. The van der Waals surface area contributed by atoms with Crippen molar-refractivity contribution in [2.75, 3.05) is 13.2 Å². The molecule has 0 amide bonds. The molecule has 1 saturated carbocycles. The van der Waals surface area contributed by atoms with Gasteiger partial charge in [0, 0.05) is 11.3 Å². The summed E-state index contributed by atoms with van der Waals surface area (Å²) in [5.74, 6) is 0.104. The van der Waals surface area contributed by atoms with Gasteiger partial charge in [0.05, 0.1) is 19.5 Å². The van der Waals surface area contributed by atoms with Crippen LogP contribution in [0.4, 0.5) is 0 Å². The van der Waals surface area contributed by atoms with Crippen LogP contribution in [0.5, 0.6) is 0 Å². The number of Topliss-reactive ketones (excluding diaryl/α,β-unsaturated/α-hetero) is 1. The van der Waals surface area contributed by atoms with Gasteiger partial charge in [-0.05, 0) is 19.8 Å². The Morgan fingerprint density at radius 1 is 1.67 bits per heavy atom. The maximum absolute atomic E-state index is 11.5. The third-order valence-electron chi connectivity index (χ3n) is 3.45. The predicted molar refractivity (Wildman–Crippen MR) is 58.3 cm³/mol. The summed E-state index contributed by atoms with van der Waals surface area (Å²) in [6.45, 7) is 5.52. The molecule has 3 nitrogen and oxygen atoms in total. The number of aliphatic hydroxyl groups excluding tert-OH is 1. The standard InChI is InChI=1S/C12H20O3/c1-3-15-9-12(8-13)7-5-4-6-11(12)10(2)14/h3,11,13H,1,4-9H2,2H3. The number of rotatable bonds is 5. The van der Waals surface area contributed by atoms with E-state index in [1.54, 1.807) is 6.92 Å². The fourth-order valence-corrected chi connectivity index (χ4v) is 2.57. The molecule has 0 aromatic carbocycles. The van der Waals surface area contributed by atoms with Crippen LogP contribution in [-0.2, 0) is 9.53 Å². The van der Waals surface area contributed by atoms with Gasteiger partial charge in [0.2, 0.25) is 0 Å². The molecule has 0 spiro atoms.